The largest absolute Gasteiger partial charge is 0.354 e. The third kappa shape index (κ3) is 3.60. The molecule has 4 rings (SSSR count). The molecule has 9 nitrogen and oxygen atoms in total. The monoisotopic (exact) mass is 395 g/mol. The summed E-state index contributed by atoms with van der Waals surface area (Å²) in [5, 5.41) is 14.5. The lowest BCUT2D eigenvalue weighted by Gasteiger charge is -2.09. The molecule has 0 bridgehead atoms. The molecule has 3 aromatic heterocycles. The van der Waals surface area contributed by atoms with Crippen LogP contribution < -0.4 is 5.32 Å². The highest BCUT2D eigenvalue weighted by Gasteiger charge is 2.14. The molecule has 1 aromatic carbocycles. The predicted molar refractivity (Wildman–Crippen MR) is 105 cm³/mol. The quantitative estimate of drug-likeness (QED) is 0.393. The van der Waals surface area contributed by atoms with Gasteiger partial charge in [0.25, 0.3) is 5.69 Å². The van der Waals surface area contributed by atoms with Gasteiger partial charge >= 0.3 is 0 Å². The summed E-state index contributed by atoms with van der Waals surface area (Å²) in [4.78, 5) is 27.4. The van der Waals surface area contributed by atoms with E-state index in [2.05, 4.69) is 25.3 Å². The van der Waals surface area contributed by atoms with Crippen LogP contribution >= 0.6 is 11.6 Å². The van der Waals surface area contributed by atoms with Gasteiger partial charge in [-0.2, -0.15) is 4.98 Å². The average Bonchev–Trinajstić information content (AvgIpc) is 3.13. The summed E-state index contributed by atoms with van der Waals surface area (Å²) in [7, 11) is 0. The zero-order chi connectivity index (χ0) is 19.5. The number of imidazole rings is 1. The summed E-state index contributed by atoms with van der Waals surface area (Å²) < 4.78 is 1.68. The lowest BCUT2D eigenvalue weighted by Crippen LogP contribution is -2.10. The second-order valence-electron chi connectivity index (χ2n) is 5.94. The number of nitro groups is 1. The number of fused-ring (bicyclic) bond motifs is 1. The van der Waals surface area contributed by atoms with E-state index in [0.717, 1.165) is 12.0 Å². The number of non-ortho nitro benzene ring substituents is 1. The van der Waals surface area contributed by atoms with E-state index in [1.165, 1.54) is 24.7 Å². The van der Waals surface area contributed by atoms with Crippen LogP contribution in [0.25, 0.3) is 16.9 Å². The molecular weight excluding hydrogens is 382 g/mol. The summed E-state index contributed by atoms with van der Waals surface area (Å²) in [6.07, 6.45) is 7.34. The maximum atomic E-state index is 10.9. The first-order valence-corrected chi connectivity index (χ1v) is 8.77. The van der Waals surface area contributed by atoms with Crippen molar-refractivity contribution in [2.45, 2.75) is 6.42 Å². The lowest BCUT2D eigenvalue weighted by molar-refractivity contribution is -0.384. The fourth-order valence-corrected chi connectivity index (χ4v) is 2.95. The molecule has 0 fully saturated rings. The van der Waals surface area contributed by atoms with Gasteiger partial charge in [0, 0.05) is 31.1 Å². The third-order valence-electron chi connectivity index (χ3n) is 4.14. The van der Waals surface area contributed by atoms with Gasteiger partial charge in [-0.05, 0) is 30.2 Å². The fourth-order valence-electron chi connectivity index (χ4n) is 2.76. The van der Waals surface area contributed by atoms with Crippen molar-refractivity contribution in [1.29, 1.82) is 0 Å². The molecule has 1 N–H and O–H groups in total. The smallest absolute Gasteiger partial charge is 0.271 e. The summed E-state index contributed by atoms with van der Waals surface area (Å²) in [5.41, 5.74) is 2.27. The van der Waals surface area contributed by atoms with Crippen molar-refractivity contribution in [2.75, 3.05) is 11.9 Å². The van der Waals surface area contributed by atoms with E-state index in [1.54, 1.807) is 23.0 Å². The highest BCUT2D eigenvalue weighted by atomic mass is 35.5. The lowest BCUT2D eigenvalue weighted by atomic mass is 10.2. The molecule has 0 saturated heterocycles. The Labute approximate surface area is 164 Å². The van der Waals surface area contributed by atoms with Gasteiger partial charge in [0.2, 0.25) is 5.95 Å². The minimum Gasteiger partial charge on any atom is -0.354 e. The number of hydrogen-bond donors (Lipinski definition) is 1. The number of nitrogens with one attached hydrogen (secondary N) is 1. The zero-order valence-electron chi connectivity index (χ0n) is 14.5. The number of nitro benzene ring substituents is 1. The Morgan fingerprint density at radius 1 is 1.18 bits per heavy atom. The summed E-state index contributed by atoms with van der Waals surface area (Å²) in [5.74, 6) is 0.872. The van der Waals surface area contributed by atoms with E-state index in [4.69, 9.17) is 11.6 Å². The molecule has 0 amide bonds. The topological polar surface area (TPSA) is 112 Å². The Morgan fingerprint density at radius 2 is 2.00 bits per heavy atom. The van der Waals surface area contributed by atoms with Crippen LogP contribution in [-0.2, 0) is 6.42 Å². The Bertz CT molecular complexity index is 1150. The molecule has 0 aliphatic heterocycles. The van der Waals surface area contributed by atoms with Crippen LogP contribution in [0.3, 0.4) is 0 Å². The molecule has 3 heterocycles. The van der Waals surface area contributed by atoms with Gasteiger partial charge in [-0.3, -0.25) is 19.7 Å². The maximum Gasteiger partial charge on any atom is 0.271 e. The Balaban J connectivity index is 1.59. The number of rotatable bonds is 6. The molecule has 0 saturated carbocycles. The fraction of sp³-hybridized carbons (Fsp3) is 0.111. The van der Waals surface area contributed by atoms with Gasteiger partial charge in [-0.15, -0.1) is 0 Å². The first-order chi connectivity index (χ1) is 13.6. The normalized spacial score (nSPS) is 10.9. The molecule has 0 aliphatic carbocycles. The molecule has 4 aromatic rings. The number of pyridine rings is 1. The van der Waals surface area contributed by atoms with Crippen LogP contribution in [0.5, 0.6) is 0 Å². The highest BCUT2D eigenvalue weighted by Crippen LogP contribution is 2.25. The van der Waals surface area contributed by atoms with Crippen LogP contribution in [-0.4, -0.2) is 36.0 Å². The maximum absolute atomic E-state index is 10.9. The van der Waals surface area contributed by atoms with Gasteiger partial charge in [0.05, 0.1) is 22.2 Å². The van der Waals surface area contributed by atoms with Crippen LogP contribution in [0.4, 0.5) is 11.6 Å². The van der Waals surface area contributed by atoms with E-state index in [1.807, 2.05) is 12.1 Å². The van der Waals surface area contributed by atoms with Crippen molar-refractivity contribution >= 4 is 34.3 Å². The van der Waals surface area contributed by atoms with Crippen LogP contribution in [0.1, 0.15) is 5.56 Å². The van der Waals surface area contributed by atoms with Crippen molar-refractivity contribution in [3.63, 3.8) is 0 Å². The van der Waals surface area contributed by atoms with Gasteiger partial charge in [0.1, 0.15) is 11.3 Å². The Hall–Kier alpha value is -3.59. The van der Waals surface area contributed by atoms with Gasteiger partial charge in [-0.1, -0.05) is 11.6 Å². The van der Waals surface area contributed by atoms with E-state index in [-0.39, 0.29) is 5.69 Å². The Morgan fingerprint density at radius 3 is 2.79 bits per heavy atom. The summed E-state index contributed by atoms with van der Waals surface area (Å²) >= 11 is 6.28. The third-order valence-corrected chi connectivity index (χ3v) is 4.41. The van der Waals surface area contributed by atoms with Gasteiger partial charge in [0.15, 0.2) is 5.82 Å². The first kappa shape index (κ1) is 17.8. The molecule has 10 heteroatoms. The van der Waals surface area contributed by atoms with Crippen molar-refractivity contribution in [3.05, 3.63) is 76.0 Å². The van der Waals surface area contributed by atoms with Crippen LogP contribution in [0.2, 0.25) is 5.02 Å². The second-order valence-corrected chi connectivity index (χ2v) is 6.35. The number of aromatic nitrogens is 5. The van der Waals surface area contributed by atoms with Crippen molar-refractivity contribution in [2.24, 2.45) is 0 Å². The molecule has 0 atom stereocenters. The predicted octanol–water partition coefficient (Wildman–Crippen LogP) is 3.43. The zero-order valence-corrected chi connectivity index (χ0v) is 15.2. The van der Waals surface area contributed by atoms with E-state index in [0.29, 0.717) is 34.4 Å². The van der Waals surface area contributed by atoms with Crippen LogP contribution in [0, 0.1) is 10.1 Å². The highest BCUT2D eigenvalue weighted by molar-refractivity contribution is 6.32. The van der Waals surface area contributed by atoms with Crippen molar-refractivity contribution in [1.82, 2.24) is 24.5 Å². The minimum absolute atomic E-state index is 0.0231. The summed E-state index contributed by atoms with van der Waals surface area (Å²) in [6.45, 7) is 0.641. The minimum atomic E-state index is -0.457. The molecule has 0 radical (unpaired) electrons. The number of nitrogens with zero attached hydrogens (tertiary/aromatic N) is 6. The summed E-state index contributed by atoms with van der Waals surface area (Å²) in [6, 6.07) is 8.35. The molecule has 0 spiro atoms. The van der Waals surface area contributed by atoms with Crippen molar-refractivity contribution in [3.8, 4) is 5.82 Å². The number of hydrogen-bond acceptors (Lipinski definition) is 7. The average molecular weight is 396 g/mol. The van der Waals surface area contributed by atoms with E-state index in [9.17, 15) is 10.1 Å². The molecule has 140 valence electrons. The first-order valence-electron chi connectivity index (χ1n) is 8.39. The van der Waals surface area contributed by atoms with Gasteiger partial charge in [-0.25, -0.2) is 9.97 Å². The number of halogens is 1. The molecular formula is C18H14ClN7O2. The van der Waals surface area contributed by atoms with E-state index >= 15 is 0 Å². The molecule has 0 aliphatic rings. The Kier molecular flexibility index (Phi) is 4.81. The van der Waals surface area contributed by atoms with Gasteiger partial charge < -0.3 is 5.32 Å². The standard InChI is InChI=1S/C18H14ClN7O2/c19-14-10-22-18(21-8-5-12-3-6-20-7-4-12)24-17(14)25-11-23-15-9-13(26(27)28)1-2-16(15)25/h1-4,6-7,9-11H,5,8H2,(H,21,22,24). The molecule has 28 heavy (non-hydrogen) atoms. The van der Waals surface area contributed by atoms with Crippen molar-refractivity contribution < 1.29 is 4.92 Å². The number of anilines is 1. The SMILES string of the molecule is O=[N+]([O-])c1ccc2c(c1)ncn2-c1nc(NCCc2ccncc2)ncc1Cl. The van der Waals surface area contributed by atoms with Crippen LogP contribution in [0.15, 0.2) is 55.2 Å². The number of benzene rings is 1. The molecule has 0 unspecified atom stereocenters. The van der Waals surface area contributed by atoms with E-state index < -0.39 is 4.92 Å². The second kappa shape index (κ2) is 7.57.